The molecule has 1 aliphatic rings. The van der Waals surface area contributed by atoms with E-state index >= 15 is 0 Å². The molecule has 1 atom stereocenters. The van der Waals surface area contributed by atoms with Gasteiger partial charge in [0.05, 0.1) is 13.2 Å². The predicted molar refractivity (Wildman–Crippen MR) is 58.8 cm³/mol. The number of benzene rings is 1. The highest BCUT2D eigenvalue weighted by atomic mass is 16.5. The van der Waals surface area contributed by atoms with Crippen LogP contribution in [-0.2, 0) is 0 Å². The van der Waals surface area contributed by atoms with Gasteiger partial charge in [0.1, 0.15) is 5.75 Å². The quantitative estimate of drug-likeness (QED) is 0.790. The number of rotatable bonds is 3. The van der Waals surface area contributed by atoms with Crippen molar-refractivity contribution in [2.45, 2.75) is 31.4 Å². The van der Waals surface area contributed by atoms with E-state index in [0.29, 0.717) is 0 Å². The Hall–Kier alpha value is -1.06. The molecule has 1 aromatic carbocycles. The van der Waals surface area contributed by atoms with E-state index in [1.165, 1.54) is 0 Å². The molecule has 0 aliphatic heterocycles. The number of aliphatic hydroxyl groups excluding tert-OH is 1. The van der Waals surface area contributed by atoms with Crippen LogP contribution in [-0.4, -0.2) is 17.8 Å². The number of aliphatic hydroxyl groups is 1. The molecule has 82 valence electrons. The lowest BCUT2D eigenvalue weighted by Crippen LogP contribution is -2.30. The van der Waals surface area contributed by atoms with Crippen LogP contribution in [0.5, 0.6) is 5.75 Å². The van der Waals surface area contributed by atoms with Gasteiger partial charge in [-0.1, -0.05) is 6.07 Å². The van der Waals surface area contributed by atoms with Crippen LogP contribution in [0.15, 0.2) is 18.2 Å². The van der Waals surface area contributed by atoms with Crippen molar-refractivity contribution >= 4 is 0 Å². The van der Waals surface area contributed by atoms with E-state index in [-0.39, 0.29) is 5.54 Å². The molecule has 3 N–H and O–H groups in total. The molecule has 1 saturated carbocycles. The van der Waals surface area contributed by atoms with Crippen molar-refractivity contribution in [1.82, 2.24) is 0 Å². The smallest absolute Gasteiger partial charge is 0.121 e. The lowest BCUT2D eigenvalue weighted by atomic mass is 9.99. The molecule has 3 heteroatoms. The second kappa shape index (κ2) is 3.51. The fourth-order valence-corrected chi connectivity index (χ4v) is 1.82. The van der Waals surface area contributed by atoms with Gasteiger partial charge in [-0.25, -0.2) is 0 Å². The van der Waals surface area contributed by atoms with E-state index in [2.05, 4.69) is 0 Å². The van der Waals surface area contributed by atoms with Crippen molar-refractivity contribution in [3.05, 3.63) is 29.3 Å². The van der Waals surface area contributed by atoms with Gasteiger partial charge in [0, 0.05) is 5.54 Å². The third kappa shape index (κ3) is 1.85. The zero-order chi connectivity index (χ0) is 11.1. The van der Waals surface area contributed by atoms with Gasteiger partial charge >= 0.3 is 0 Å². The molecule has 1 aromatic rings. The minimum absolute atomic E-state index is 0.388. The van der Waals surface area contributed by atoms with Crippen LogP contribution in [0.25, 0.3) is 0 Å². The third-order valence-corrected chi connectivity index (χ3v) is 3.11. The van der Waals surface area contributed by atoms with E-state index in [1.807, 2.05) is 25.1 Å². The maximum atomic E-state index is 10.0. The molecule has 1 fully saturated rings. The van der Waals surface area contributed by atoms with Crippen LogP contribution in [0.2, 0.25) is 0 Å². The minimum atomic E-state index is -0.554. The van der Waals surface area contributed by atoms with Crippen LogP contribution < -0.4 is 10.5 Å². The molecule has 0 spiro atoms. The first-order valence-corrected chi connectivity index (χ1v) is 5.18. The van der Waals surface area contributed by atoms with E-state index in [4.69, 9.17) is 10.5 Å². The summed E-state index contributed by atoms with van der Waals surface area (Å²) in [6.07, 6.45) is 1.25. The average molecular weight is 207 g/mol. The van der Waals surface area contributed by atoms with Gasteiger partial charge in [0.25, 0.3) is 0 Å². The molecule has 0 amide bonds. The van der Waals surface area contributed by atoms with Gasteiger partial charge in [-0.05, 0) is 43.0 Å². The SMILES string of the molecule is COc1ccc(C(O)C2(N)CC2)cc1C. The summed E-state index contributed by atoms with van der Waals surface area (Å²) in [5, 5.41) is 10.0. The van der Waals surface area contributed by atoms with Gasteiger partial charge in [0.2, 0.25) is 0 Å². The Labute approximate surface area is 89.9 Å². The third-order valence-electron chi connectivity index (χ3n) is 3.11. The molecule has 0 saturated heterocycles. The molecular formula is C12H17NO2. The highest BCUT2D eigenvalue weighted by Crippen LogP contribution is 2.43. The molecule has 0 radical (unpaired) electrons. The first-order chi connectivity index (χ1) is 7.07. The summed E-state index contributed by atoms with van der Waals surface area (Å²) in [6, 6.07) is 5.69. The summed E-state index contributed by atoms with van der Waals surface area (Å²) >= 11 is 0. The predicted octanol–water partition coefficient (Wildman–Crippen LogP) is 1.53. The normalized spacial score (nSPS) is 19.7. The lowest BCUT2D eigenvalue weighted by molar-refractivity contribution is 0.136. The fraction of sp³-hybridized carbons (Fsp3) is 0.500. The number of aryl methyl sites for hydroxylation is 1. The second-order valence-electron chi connectivity index (χ2n) is 4.36. The summed E-state index contributed by atoms with van der Waals surface area (Å²) in [4.78, 5) is 0. The van der Waals surface area contributed by atoms with Crippen molar-refractivity contribution in [3.8, 4) is 5.75 Å². The van der Waals surface area contributed by atoms with Crippen molar-refractivity contribution < 1.29 is 9.84 Å². The number of hydrogen-bond acceptors (Lipinski definition) is 3. The largest absolute Gasteiger partial charge is 0.496 e. The van der Waals surface area contributed by atoms with Crippen LogP contribution in [0.4, 0.5) is 0 Å². The Bertz CT molecular complexity index is 372. The van der Waals surface area contributed by atoms with Crippen LogP contribution in [0.1, 0.15) is 30.1 Å². The molecule has 3 nitrogen and oxygen atoms in total. The lowest BCUT2D eigenvalue weighted by Gasteiger charge is -2.19. The van der Waals surface area contributed by atoms with Gasteiger partial charge in [0.15, 0.2) is 0 Å². The average Bonchev–Trinajstić information content (AvgIpc) is 2.96. The zero-order valence-corrected chi connectivity index (χ0v) is 9.16. The highest BCUT2D eigenvalue weighted by Gasteiger charge is 2.45. The van der Waals surface area contributed by atoms with Gasteiger partial charge in [-0.15, -0.1) is 0 Å². The number of methoxy groups -OCH3 is 1. The summed E-state index contributed by atoms with van der Waals surface area (Å²) < 4.78 is 5.17. The Morgan fingerprint density at radius 2 is 2.13 bits per heavy atom. The van der Waals surface area contributed by atoms with Crippen molar-refractivity contribution in [2.75, 3.05) is 7.11 Å². The van der Waals surface area contributed by atoms with E-state index in [9.17, 15) is 5.11 Å². The highest BCUT2D eigenvalue weighted by molar-refractivity contribution is 5.38. The van der Waals surface area contributed by atoms with Crippen molar-refractivity contribution in [1.29, 1.82) is 0 Å². The van der Waals surface area contributed by atoms with Crippen LogP contribution in [0, 0.1) is 6.92 Å². The molecule has 15 heavy (non-hydrogen) atoms. The van der Waals surface area contributed by atoms with Gasteiger partial charge in [-0.2, -0.15) is 0 Å². The number of nitrogens with two attached hydrogens (primary N) is 1. The zero-order valence-electron chi connectivity index (χ0n) is 9.16. The molecule has 0 heterocycles. The van der Waals surface area contributed by atoms with Crippen molar-refractivity contribution in [2.24, 2.45) is 5.73 Å². The Kier molecular flexibility index (Phi) is 2.44. The first kappa shape index (κ1) is 10.5. The van der Waals surface area contributed by atoms with Gasteiger partial charge < -0.3 is 15.6 Å². The van der Waals surface area contributed by atoms with E-state index in [1.54, 1.807) is 7.11 Å². The van der Waals surface area contributed by atoms with Crippen LogP contribution >= 0.6 is 0 Å². The second-order valence-corrected chi connectivity index (χ2v) is 4.36. The molecule has 0 aromatic heterocycles. The first-order valence-electron chi connectivity index (χ1n) is 5.18. The molecule has 1 unspecified atom stereocenters. The number of ether oxygens (including phenoxy) is 1. The minimum Gasteiger partial charge on any atom is -0.496 e. The molecular weight excluding hydrogens is 190 g/mol. The molecule has 2 rings (SSSR count). The van der Waals surface area contributed by atoms with E-state index < -0.39 is 6.10 Å². The molecule has 1 aliphatic carbocycles. The monoisotopic (exact) mass is 207 g/mol. The maximum Gasteiger partial charge on any atom is 0.121 e. The molecule has 0 bridgehead atoms. The van der Waals surface area contributed by atoms with E-state index in [0.717, 1.165) is 29.7 Å². The van der Waals surface area contributed by atoms with Gasteiger partial charge in [-0.3, -0.25) is 0 Å². The topological polar surface area (TPSA) is 55.5 Å². The summed E-state index contributed by atoms with van der Waals surface area (Å²) in [7, 11) is 1.64. The number of hydrogen-bond donors (Lipinski definition) is 2. The fourth-order valence-electron chi connectivity index (χ4n) is 1.82. The summed E-state index contributed by atoms with van der Waals surface area (Å²) in [5.74, 6) is 0.841. The maximum absolute atomic E-state index is 10.0. The van der Waals surface area contributed by atoms with Crippen LogP contribution in [0.3, 0.4) is 0 Å². The standard InChI is InChI=1S/C12H17NO2/c1-8-7-9(3-4-10(8)15-2)11(14)12(13)5-6-12/h3-4,7,11,14H,5-6,13H2,1-2H3. The van der Waals surface area contributed by atoms with Crippen molar-refractivity contribution in [3.63, 3.8) is 0 Å². The Morgan fingerprint density at radius 1 is 1.47 bits per heavy atom. The summed E-state index contributed by atoms with van der Waals surface area (Å²) in [6.45, 7) is 1.96. The summed E-state index contributed by atoms with van der Waals surface area (Å²) in [5.41, 5.74) is 7.48. The Balaban J connectivity index is 2.26. The Morgan fingerprint density at radius 3 is 2.60 bits per heavy atom.